The lowest BCUT2D eigenvalue weighted by Crippen LogP contribution is -2.12. The molecule has 0 aliphatic carbocycles. The van der Waals surface area contributed by atoms with E-state index in [4.69, 9.17) is 5.14 Å². The first kappa shape index (κ1) is 19.0. The van der Waals surface area contributed by atoms with Crippen molar-refractivity contribution in [2.75, 3.05) is 11.9 Å². The second-order valence-electron chi connectivity index (χ2n) is 6.36. The largest absolute Gasteiger partial charge is 0.369 e. The van der Waals surface area contributed by atoms with E-state index in [0.717, 1.165) is 10.9 Å². The number of hydrogen-bond acceptors (Lipinski definition) is 6. The van der Waals surface area contributed by atoms with E-state index in [1.54, 1.807) is 35.1 Å². The van der Waals surface area contributed by atoms with E-state index >= 15 is 0 Å². The Bertz CT molecular complexity index is 1250. The van der Waals surface area contributed by atoms with Gasteiger partial charge in [-0.1, -0.05) is 12.1 Å². The molecule has 0 saturated carbocycles. The summed E-state index contributed by atoms with van der Waals surface area (Å²) < 4.78 is 37.4. The molecule has 29 heavy (non-hydrogen) atoms. The van der Waals surface area contributed by atoms with Crippen molar-refractivity contribution in [3.05, 3.63) is 72.4 Å². The highest BCUT2D eigenvalue weighted by atomic mass is 32.2. The summed E-state index contributed by atoms with van der Waals surface area (Å²) >= 11 is 0. The van der Waals surface area contributed by atoms with Crippen LogP contribution in [0.15, 0.2) is 66.0 Å². The van der Waals surface area contributed by atoms with Crippen molar-refractivity contribution in [1.29, 1.82) is 0 Å². The minimum atomic E-state index is -3.69. The van der Waals surface area contributed by atoms with Gasteiger partial charge in [0, 0.05) is 6.54 Å². The second kappa shape index (κ2) is 7.57. The van der Waals surface area contributed by atoms with Crippen molar-refractivity contribution in [3.8, 4) is 5.69 Å². The molecule has 0 aliphatic rings. The summed E-state index contributed by atoms with van der Waals surface area (Å²) in [7, 11) is -3.69. The van der Waals surface area contributed by atoms with Gasteiger partial charge in [0.15, 0.2) is 5.65 Å². The lowest BCUT2D eigenvalue weighted by atomic mass is 10.1. The monoisotopic (exact) mass is 412 g/mol. The highest BCUT2D eigenvalue weighted by Gasteiger charge is 2.11. The summed E-state index contributed by atoms with van der Waals surface area (Å²) in [6.07, 6.45) is 3.75. The third-order valence-electron chi connectivity index (χ3n) is 4.40. The maximum Gasteiger partial charge on any atom is 0.238 e. The van der Waals surface area contributed by atoms with Crippen LogP contribution in [0.1, 0.15) is 5.56 Å². The first-order valence-corrected chi connectivity index (χ1v) is 10.3. The molecule has 4 rings (SSSR count). The summed E-state index contributed by atoms with van der Waals surface area (Å²) in [6.45, 7) is 0.572. The summed E-state index contributed by atoms with van der Waals surface area (Å²) in [6, 6.07) is 12.4. The van der Waals surface area contributed by atoms with Gasteiger partial charge in [0.1, 0.15) is 18.0 Å². The number of benzene rings is 2. The normalized spacial score (nSPS) is 11.7. The second-order valence-corrected chi connectivity index (χ2v) is 7.92. The first-order chi connectivity index (χ1) is 13.9. The van der Waals surface area contributed by atoms with Gasteiger partial charge < -0.3 is 5.32 Å². The van der Waals surface area contributed by atoms with Gasteiger partial charge >= 0.3 is 0 Å². The Balaban J connectivity index is 1.49. The van der Waals surface area contributed by atoms with E-state index in [2.05, 4.69) is 20.4 Å². The molecule has 2 aromatic carbocycles. The summed E-state index contributed by atoms with van der Waals surface area (Å²) in [5.41, 5.74) is 2.25. The molecule has 4 aromatic rings. The Morgan fingerprint density at radius 2 is 1.76 bits per heavy atom. The fraction of sp³-hybridized carbons (Fsp3) is 0.105. The standard InChI is InChI=1S/C19H17FN6O2S/c20-14-3-5-15(6-4-14)26-19-17(11-25-26)18(23-12-24-19)22-10-9-13-1-7-16(8-2-13)29(21,27)28/h1-8,11-12H,9-10H2,(H2,21,27,28)(H,22,23,24). The molecular weight excluding hydrogens is 395 g/mol. The molecule has 0 fully saturated rings. The van der Waals surface area contributed by atoms with Gasteiger partial charge in [0.05, 0.1) is 22.2 Å². The van der Waals surface area contributed by atoms with Crippen LogP contribution in [0.2, 0.25) is 0 Å². The fourth-order valence-corrected chi connectivity index (χ4v) is 3.44. The van der Waals surface area contributed by atoms with Crippen LogP contribution < -0.4 is 10.5 Å². The van der Waals surface area contributed by atoms with E-state index in [9.17, 15) is 12.8 Å². The molecule has 2 aromatic heterocycles. The summed E-state index contributed by atoms with van der Waals surface area (Å²) in [5, 5.41) is 13.4. The highest BCUT2D eigenvalue weighted by molar-refractivity contribution is 7.89. The number of sulfonamides is 1. The Morgan fingerprint density at radius 1 is 1.03 bits per heavy atom. The molecule has 0 saturated heterocycles. The number of nitrogens with zero attached hydrogens (tertiary/aromatic N) is 4. The molecule has 0 radical (unpaired) electrons. The summed E-state index contributed by atoms with van der Waals surface area (Å²) in [4.78, 5) is 8.64. The lowest BCUT2D eigenvalue weighted by molar-refractivity contribution is 0.597. The highest BCUT2D eigenvalue weighted by Crippen LogP contribution is 2.21. The molecule has 0 bridgehead atoms. The van der Waals surface area contributed by atoms with Gasteiger partial charge in [-0.25, -0.2) is 32.6 Å². The van der Waals surface area contributed by atoms with Gasteiger partial charge in [0.25, 0.3) is 0 Å². The number of fused-ring (bicyclic) bond motifs is 1. The van der Waals surface area contributed by atoms with Crippen molar-refractivity contribution >= 4 is 26.9 Å². The number of rotatable bonds is 6. The van der Waals surface area contributed by atoms with E-state index in [0.29, 0.717) is 30.1 Å². The third-order valence-corrected chi connectivity index (χ3v) is 5.32. The van der Waals surface area contributed by atoms with Gasteiger partial charge in [-0.3, -0.25) is 0 Å². The van der Waals surface area contributed by atoms with E-state index in [1.807, 2.05) is 0 Å². The molecule has 0 unspecified atom stereocenters. The summed E-state index contributed by atoms with van der Waals surface area (Å²) in [5.74, 6) is 0.309. The molecule has 8 nitrogen and oxygen atoms in total. The lowest BCUT2D eigenvalue weighted by Gasteiger charge is -2.08. The quantitative estimate of drug-likeness (QED) is 0.502. The fourth-order valence-electron chi connectivity index (χ4n) is 2.93. The maximum absolute atomic E-state index is 13.2. The van der Waals surface area contributed by atoms with Crippen LogP contribution in [-0.2, 0) is 16.4 Å². The molecule has 0 spiro atoms. The van der Waals surface area contributed by atoms with Gasteiger partial charge in [0.2, 0.25) is 10.0 Å². The minimum absolute atomic E-state index is 0.0833. The van der Waals surface area contributed by atoms with E-state index < -0.39 is 10.0 Å². The van der Waals surface area contributed by atoms with Crippen molar-refractivity contribution in [1.82, 2.24) is 19.7 Å². The molecule has 3 N–H and O–H groups in total. The van der Waals surface area contributed by atoms with Gasteiger partial charge in [-0.2, -0.15) is 5.10 Å². The Kier molecular flexibility index (Phi) is 4.95. The molecular formula is C19H17FN6O2S. The van der Waals surface area contributed by atoms with Crippen LogP contribution in [-0.4, -0.2) is 34.7 Å². The number of nitrogens with one attached hydrogen (secondary N) is 1. The number of hydrogen-bond donors (Lipinski definition) is 2. The first-order valence-electron chi connectivity index (χ1n) is 8.72. The Morgan fingerprint density at radius 3 is 2.45 bits per heavy atom. The average Bonchev–Trinajstić information content (AvgIpc) is 3.13. The molecule has 0 amide bonds. The predicted molar refractivity (Wildman–Crippen MR) is 107 cm³/mol. The van der Waals surface area contributed by atoms with Crippen LogP contribution >= 0.6 is 0 Å². The maximum atomic E-state index is 13.2. The molecule has 10 heteroatoms. The molecule has 2 heterocycles. The van der Waals surface area contributed by atoms with E-state index in [1.165, 1.54) is 30.6 Å². The van der Waals surface area contributed by atoms with Crippen molar-refractivity contribution in [2.45, 2.75) is 11.3 Å². The van der Waals surface area contributed by atoms with Crippen molar-refractivity contribution in [3.63, 3.8) is 0 Å². The van der Waals surface area contributed by atoms with Crippen molar-refractivity contribution < 1.29 is 12.8 Å². The predicted octanol–water partition coefficient (Wildman–Crippen LogP) is 2.26. The Labute approximate surface area is 166 Å². The number of aromatic nitrogens is 4. The number of nitrogens with two attached hydrogens (primary N) is 1. The molecule has 0 atom stereocenters. The number of halogens is 1. The zero-order valence-electron chi connectivity index (χ0n) is 15.2. The van der Waals surface area contributed by atoms with Crippen LogP contribution in [0.4, 0.5) is 10.2 Å². The average molecular weight is 412 g/mol. The van der Waals surface area contributed by atoms with Crippen LogP contribution in [0.3, 0.4) is 0 Å². The number of primary sulfonamides is 1. The van der Waals surface area contributed by atoms with Crippen LogP contribution in [0.25, 0.3) is 16.7 Å². The smallest absolute Gasteiger partial charge is 0.238 e. The zero-order valence-corrected chi connectivity index (χ0v) is 16.0. The SMILES string of the molecule is NS(=O)(=O)c1ccc(CCNc2ncnc3c2cnn3-c2ccc(F)cc2)cc1. The third kappa shape index (κ3) is 4.08. The van der Waals surface area contributed by atoms with Gasteiger partial charge in [-0.15, -0.1) is 0 Å². The van der Waals surface area contributed by atoms with Crippen molar-refractivity contribution in [2.24, 2.45) is 5.14 Å². The van der Waals surface area contributed by atoms with Crippen LogP contribution in [0.5, 0.6) is 0 Å². The minimum Gasteiger partial charge on any atom is -0.369 e. The van der Waals surface area contributed by atoms with E-state index in [-0.39, 0.29) is 10.7 Å². The Hall–Kier alpha value is -3.37. The van der Waals surface area contributed by atoms with Crippen LogP contribution in [0, 0.1) is 5.82 Å². The van der Waals surface area contributed by atoms with Gasteiger partial charge in [-0.05, 0) is 48.4 Å². The zero-order chi connectivity index (χ0) is 20.4. The number of anilines is 1. The molecule has 0 aliphatic heterocycles. The molecule has 148 valence electrons. The topological polar surface area (TPSA) is 116 Å².